The molecule has 0 spiro atoms. The normalized spacial score (nSPS) is 7.88. The van der Waals surface area contributed by atoms with Crippen molar-refractivity contribution < 1.29 is 0 Å². The summed E-state index contributed by atoms with van der Waals surface area (Å²) in [7, 11) is 0. The first-order valence-corrected chi connectivity index (χ1v) is 6.29. The second kappa shape index (κ2) is 13.7. The Labute approximate surface area is 101 Å². The molecule has 0 nitrogen and oxygen atoms in total. The van der Waals surface area contributed by atoms with Crippen molar-refractivity contribution in [2.75, 3.05) is 0 Å². The standard InChI is InChI=1S/C16H22/c1-3-5-7-9-11-13-15-16-14-12-10-8-6-4-2/h3-8,13-14H2,1-2H3. The smallest absolute Gasteiger partial charge is 0.0702 e. The van der Waals surface area contributed by atoms with Gasteiger partial charge in [-0.1, -0.05) is 50.4 Å². The summed E-state index contributed by atoms with van der Waals surface area (Å²) < 4.78 is 0. The quantitative estimate of drug-likeness (QED) is 0.487. The highest BCUT2D eigenvalue weighted by molar-refractivity contribution is 5.16. The molecule has 0 saturated carbocycles. The van der Waals surface area contributed by atoms with E-state index in [9.17, 15) is 0 Å². The third kappa shape index (κ3) is 12.7. The molecule has 0 atom stereocenters. The molecular formula is C16H22. The Kier molecular flexibility index (Phi) is 12.6. The van der Waals surface area contributed by atoms with E-state index in [1.165, 1.54) is 25.7 Å². The first-order valence-electron chi connectivity index (χ1n) is 6.29. The highest BCUT2D eigenvalue weighted by Gasteiger charge is 1.76. The van der Waals surface area contributed by atoms with Crippen LogP contribution in [0.1, 0.15) is 65.2 Å². The van der Waals surface area contributed by atoms with Crippen molar-refractivity contribution in [1.29, 1.82) is 0 Å². The predicted octanol–water partition coefficient (Wildman–Crippen LogP) is 4.16. The van der Waals surface area contributed by atoms with Gasteiger partial charge in [-0.3, -0.25) is 0 Å². The third-order valence-corrected chi connectivity index (χ3v) is 2.04. The molecule has 0 amide bonds. The Balaban J connectivity index is 3.45. The van der Waals surface area contributed by atoms with Crippen LogP contribution in [0.5, 0.6) is 0 Å². The van der Waals surface area contributed by atoms with E-state index >= 15 is 0 Å². The van der Waals surface area contributed by atoms with Crippen LogP contribution in [0.2, 0.25) is 0 Å². The maximum atomic E-state index is 3.12. The third-order valence-electron chi connectivity index (χ3n) is 2.04. The molecule has 0 heterocycles. The molecule has 0 radical (unpaired) electrons. The average molecular weight is 214 g/mol. The van der Waals surface area contributed by atoms with Crippen LogP contribution in [0, 0.1) is 35.5 Å². The monoisotopic (exact) mass is 214 g/mol. The fraction of sp³-hybridized carbons (Fsp3) is 0.625. The van der Waals surface area contributed by atoms with Gasteiger partial charge in [-0.2, -0.15) is 0 Å². The molecular weight excluding hydrogens is 192 g/mol. The molecule has 0 saturated heterocycles. The molecule has 0 bridgehead atoms. The number of hydrogen-bond acceptors (Lipinski definition) is 0. The second-order valence-corrected chi connectivity index (χ2v) is 3.62. The summed E-state index contributed by atoms with van der Waals surface area (Å²) in [5, 5.41) is 0. The summed E-state index contributed by atoms with van der Waals surface area (Å²) >= 11 is 0. The zero-order valence-corrected chi connectivity index (χ0v) is 10.7. The SMILES string of the molecule is CCCCC#CCC#CCC#CCCCC. The van der Waals surface area contributed by atoms with Crippen LogP contribution in [-0.2, 0) is 0 Å². The van der Waals surface area contributed by atoms with E-state index in [1.807, 2.05) is 0 Å². The molecule has 0 aliphatic carbocycles. The largest absolute Gasteiger partial charge is 0.102 e. The zero-order chi connectivity index (χ0) is 11.9. The van der Waals surface area contributed by atoms with Gasteiger partial charge in [0.25, 0.3) is 0 Å². The van der Waals surface area contributed by atoms with Gasteiger partial charge in [0.1, 0.15) is 0 Å². The van der Waals surface area contributed by atoms with Crippen molar-refractivity contribution in [3.05, 3.63) is 0 Å². The molecule has 16 heavy (non-hydrogen) atoms. The number of rotatable bonds is 4. The van der Waals surface area contributed by atoms with Gasteiger partial charge in [0, 0.05) is 12.8 Å². The van der Waals surface area contributed by atoms with Crippen LogP contribution in [0.3, 0.4) is 0 Å². The summed E-state index contributed by atoms with van der Waals surface area (Å²) in [6.45, 7) is 4.36. The van der Waals surface area contributed by atoms with Gasteiger partial charge in [-0.25, -0.2) is 0 Å². The lowest BCUT2D eigenvalue weighted by Gasteiger charge is -1.82. The van der Waals surface area contributed by atoms with Gasteiger partial charge in [0.05, 0.1) is 12.8 Å². The Morgan fingerprint density at radius 3 is 1.31 bits per heavy atom. The second-order valence-electron chi connectivity index (χ2n) is 3.62. The van der Waals surface area contributed by atoms with Crippen molar-refractivity contribution in [2.45, 2.75) is 65.2 Å². The van der Waals surface area contributed by atoms with Crippen molar-refractivity contribution in [2.24, 2.45) is 0 Å². The van der Waals surface area contributed by atoms with Gasteiger partial charge < -0.3 is 0 Å². The first-order chi connectivity index (χ1) is 7.91. The molecule has 0 unspecified atom stereocenters. The minimum atomic E-state index is 0.695. The molecule has 0 rings (SSSR count). The van der Waals surface area contributed by atoms with Crippen molar-refractivity contribution in [1.82, 2.24) is 0 Å². The molecule has 0 fully saturated rings. The molecule has 0 heteroatoms. The molecule has 0 aromatic rings. The first kappa shape index (κ1) is 14.7. The van der Waals surface area contributed by atoms with Crippen LogP contribution in [0.25, 0.3) is 0 Å². The number of unbranched alkanes of at least 4 members (excludes halogenated alkanes) is 4. The molecule has 0 N–H and O–H groups in total. The van der Waals surface area contributed by atoms with Gasteiger partial charge >= 0.3 is 0 Å². The van der Waals surface area contributed by atoms with Gasteiger partial charge in [-0.05, 0) is 12.8 Å². The molecule has 0 aromatic heterocycles. The van der Waals surface area contributed by atoms with Gasteiger partial charge in [0.15, 0.2) is 0 Å². The highest BCUT2D eigenvalue weighted by atomic mass is 13.8. The van der Waals surface area contributed by atoms with E-state index in [4.69, 9.17) is 0 Å². The lowest BCUT2D eigenvalue weighted by atomic mass is 10.2. The van der Waals surface area contributed by atoms with Crippen molar-refractivity contribution in [3.63, 3.8) is 0 Å². The molecule has 0 aliphatic rings. The van der Waals surface area contributed by atoms with Crippen molar-refractivity contribution in [3.8, 4) is 35.5 Å². The Morgan fingerprint density at radius 2 is 0.938 bits per heavy atom. The predicted molar refractivity (Wildman–Crippen MR) is 71.6 cm³/mol. The van der Waals surface area contributed by atoms with E-state index < -0.39 is 0 Å². The van der Waals surface area contributed by atoms with E-state index in [1.54, 1.807) is 0 Å². The summed E-state index contributed by atoms with van der Waals surface area (Å²) in [5.74, 6) is 18.4. The van der Waals surface area contributed by atoms with Gasteiger partial charge in [-0.15, -0.1) is 11.8 Å². The van der Waals surface area contributed by atoms with Crippen LogP contribution in [0.15, 0.2) is 0 Å². The summed E-state index contributed by atoms with van der Waals surface area (Å²) in [5.41, 5.74) is 0. The summed E-state index contributed by atoms with van der Waals surface area (Å²) in [6.07, 6.45) is 8.23. The minimum absolute atomic E-state index is 0.695. The summed E-state index contributed by atoms with van der Waals surface area (Å²) in [6, 6.07) is 0. The van der Waals surface area contributed by atoms with Gasteiger partial charge in [0.2, 0.25) is 0 Å². The summed E-state index contributed by atoms with van der Waals surface area (Å²) in [4.78, 5) is 0. The lowest BCUT2D eigenvalue weighted by molar-refractivity contribution is 0.827. The Bertz CT molecular complexity index is 284. The van der Waals surface area contributed by atoms with Crippen LogP contribution in [-0.4, -0.2) is 0 Å². The molecule has 86 valence electrons. The fourth-order valence-electron chi connectivity index (χ4n) is 1.05. The highest BCUT2D eigenvalue weighted by Crippen LogP contribution is 1.91. The molecule has 0 aromatic carbocycles. The zero-order valence-electron chi connectivity index (χ0n) is 10.7. The fourth-order valence-corrected chi connectivity index (χ4v) is 1.05. The van der Waals surface area contributed by atoms with E-state index in [0.717, 1.165) is 12.8 Å². The maximum absolute atomic E-state index is 3.12. The van der Waals surface area contributed by atoms with Crippen molar-refractivity contribution >= 4 is 0 Å². The van der Waals surface area contributed by atoms with Crippen LogP contribution >= 0.6 is 0 Å². The molecule has 0 aliphatic heterocycles. The minimum Gasteiger partial charge on any atom is -0.102 e. The van der Waals surface area contributed by atoms with Crippen LogP contribution < -0.4 is 0 Å². The Morgan fingerprint density at radius 1 is 0.562 bits per heavy atom. The topological polar surface area (TPSA) is 0 Å². The Hall–Kier alpha value is -1.32. The average Bonchev–Trinajstić information content (AvgIpc) is 2.31. The van der Waals surface area contributed by atoms with E-state index in [2.05, 4.69) is 49.4 Å². The lowest BCUT2D eigenvalue weighted by Crippen LogP contribution is -1.68. The van der Waals surface area contributed by atoms with E-state index in [0.29, 0.717) is 12.8 Å². The van der Waals surface area contributed by atoms with Crippen LogP contribution in [0.4, 0.5) is 0 Å². The van der Waals surface area contributed by atoms with E-state index in [-0.39, 0.29) is 0 Å². The maximum Gasteiger partial charge on any atom is 0.0702 e. The number of hydrogen-bond donors (Lipinski definition) is 0.